The van der Waals surface area contributed by atoms with Gasteiger partial charge in [-0.1, -0.05) is 0 Å². The Bertz CT molecular complexity index is 78.1. The number of aliphatic carboxylic acids is 1. The summed E-state index contributed by atoms with van der Waals surface area (Å²) in [7, 11) is 0. The van der Waals surface area contributed by atoms with Gasteiger partial charge < -0.3 is 15.3 Å². The molecule has 0 aliphatic heterocycles. The van der Waals surface area contributed by atoms with Gasteiger partial charge in [0.1, 0.15) is 0 Å². The van der Waals surface area contributed by atoms with E-state index in [-0.39, 0.29) is 12.8 Å². The number of carbonyl (C=O) groups is 1. The van der Waals surface area contributed by atoms with E-state index in [1.54, 1.807) is 0 Å². The summed E-state index contributed by atoms with van der Waals surface area (Å²) >= 11 is 0. The van der Waals surface area contributed by atoms with Crippen LogP contribution in [0.3, 0.4) is 0 Å². The lowest BCUT2D eigenvalue weighted by Gasteiger charge is -1.96. The molecule has 0 atom stereocenters. The van der Waals surface area contributed by atoms with E-state index in [2.05, 4.69) is 0 Å². The van der Waals surface area contributed by atoms with Gasteiger partial charge in [-0.3, -0.25) is 4.79 Å². The van der Waals surface area contributed by atoms with Crippen molar-refractivity contribution >= 4 is 5.97 Å². The molecule has 0 saturated carbocycles. The third kappa shape index (κ3) is 5.39. The van der Waals surface area contributed by atoms with E-state index >= 15 is 0 Å². The summed E-state index contributed by atoms with van der Waals surface area (Å²) in [5.74, 6) is -1.02. The zero-order valence-electron chi connectivity index (χ0n) is 4.24. The lowest BCUT2D eigenvalue weighted by Crippen LogP contribution is -2.07. The molecule has 8 heavy (non-hydrogen) atoms. The molecule has 4 nitrogen and oxygen atoms in total. The highest BCUT2D eigenvalue weighted by atomic mass is 16.5. The molecular weight excluding hydrogens is 112 g/mol. The van der Waals surface area contributed by atoms with Gasteiger partial charge in [-0.05, 0) is 0 Å². The van der Waals surface area contributed by atoms with Gasteiger partial charge in [0.15, 0.2) is 6.29 Å². The summed E-state index contributed by atoms with van der Waals surface area (Å²) < 4.78 is 0. The van der Waals surface area contributed by atoms with Crippen molar-refractivity contribution in [3.8, 4) is 0 Å². The fraction of sp³-hybridized carbons (Fsp3) is 0.750. The molecule has 0 aromatic heterocycles. The molecule has 0 saturated heterocycles. The van der Waals surface area contributed by atoms with Crippen LogP contribution in [0.1, 0.15) is 12.8 Å². The molecule has 48 valence electrons. The van der Waals surface area contributed by atoms with Crippen LogP contribution in [0.15, 0.2) is 0 Å². The van der Waals surface area contributed by atoms with Gasteiger partial charge in [0, 0.05) is 6.42 Å². The van der Waals surface area contributed by atoms with Gasteiger partial charge in [-0.25, -0.2) is 0 Å². The molecule has 0 aromatic rings. The van der Waals surface area contributed by atoms with E-state index in [1.807, 2.05) is 0 Å². The largest absolute Gasteiger partial charge is 0.481 e. The normalized spacial score (nSPS) is 9.88. The van der Waals surface area contributed by atoms with Crippen molar-refractivity contribution in [3.05, 3.63) is 0 Å². The lowest BCUT2D eigenvalue weighted by molar-refractivity contribution is -0.139. The zero-order valence-corrected chi connectivity index (χ0v) is 4.24. The van der Waals surface area contributed by atoms with Gasteiger partial charge in [0.05, 0.1) is 6.42 Å². The van der Waals surface area contributed by atoms with Crippen molar-refractivity contribution in [1.82, 2.24) is 0 Å². The maximum absolute atomic E-state index is 9.68. The van der Waals surface area contributed by atoms with Crippen LogP contribution in [0.4, 0.5) is 0 Å². The summed E-state index contributed by atoms with van der Waals surface area (Å²) in [6, 6.07) is 0. The average molecular weight is 120 g/mol. The van der Waals surface area contributed by atoms with E-state index in [4.69, 9.17) is 15.3 Å². The van der Waals surface area contributed by atoms with Crippen LogP contribution < -0.4 is 0 Å². The predicted octanol–water partition coefficient (Wildman–Crippen LogP) is -0.838. The summed E-state index contributed by atoms with van der Waals surface area (Å²) in [5.41, 5.74) is 0. The number of rotatable bonds is 3. The highest BCUT2D eigenvalue weighted by Gasteiger charge is 2.00. The molecule has 4 heteroatoms. The molecule has 3 N–H and O–H groups in total. The van der Waals surface area contributed by atoms with E-state index in [1.165, 1.54) is 0 Å². The number of carboxylic acids is 1. The molecule has 0 heterocycles. The maximum Gasteiger partial charge on any atom is 0.303 e. The Kier molecular flexibility index (Phi) is 3.14. The van der Waals surface area contributed by atoms with Gasteiger partial charge in [-0.2, -0.15) is 0 Å². The first-order valence-electron chi connectivity index (χ1n) is 2.21. The molecule has 0 aromatic carbocycles. The van der Waals surface area contributed by atoms with Crippen molar-refractivity contribution in [3.63, 3.8) is 0 Å². The molecule has 0 fully saturated rings. The molecule has 0 unspecified atom stereocenters. The Morgan fingerprint density at radius 1 is 1.50 bits per heavy atom. The molecule has 0 rings (SSSR count). The monoisotopic (exact) mass is 120 g/mol. The third-order valence-corrected chi connectivity index (χ3v) is 0.616. The highest BCUT2D eigenvalue weighted by molar-refractivity contribution is 5.66. The Hall–Kier alpha value is -0.610. The first kappa shape index (κ1) is 7.39. The van der Waals surface area contributed by atoms with E-state index < -0.39 is 12.3 Å². The third-order valence-electron chi connectivity index (χ3n) is 0.616. The second-order valence-electron chi connectivity index (χ2n) is 1.41. The van der Waals surface area contributed by atoms with Crippen LogP contribution in [0.5, 0.6) is 0 Å². The summed E-state index contributed by atoms with van der Waals surface area (Å²) in [6.07, 6.45) is -1.79. The fourth-order valence-electron chi connectivity index (χ4n) is 0.253. The Balaban J connectivity index is 3.05. The first-order chi connectivity index (χ1) is 3.63. The van der Waals surface area contributed by atoms with Crippen molar-refractivity contribution in [1.29, 1.82) is 0 Å². The van der Waals surface area contributed by atoms with E-state index in [0.717, 1.165) is 0 Å². The molecule has 0 amide bonds. The van der Waals surface area contributed by atoms with Crippen LogP contribution in [0.25, 0.3) is 0 Å². The van der Waals surface area contributed by atoms with E-state index in [0.29, 0.717) is 0 Å². The fourth-order valence-corrected chi connectivity index (χ4v) is 0.253. The molecule has 0 bridgehead atoms. The smallest absolute Gasteiger partial charge is 0.303 e. The van der Waals surface area contributed by atoms with Crippen LogP contribution in [-0.4, -0.2) is 27.6 Å². The number of aliphatic hydroxyl groups is 2. The van der Waals surface area contributed by atoms with Gasteiger partial charge >= 0.3 is 5.97 Å². The summed E-state index contributed by atoms with van der Waals surface area (Å²) in [5, 5.41) is 24.1. The topological polar surface area (TPSA) is 77.8 Å². The predicted molar refractivity (Wildman–Crippen MR) is 25.1 cm³/mol. The molecular formula is C4H8O4. The quantitative estimate of drug-likeness (QED) is 0.424. The lowest BCUT2D eigenvalue weighted by atomic mass is 10.3. The van der Waals surface area contributed by atoms with Crippen molar-refractivity contribution in [2.75, 3.05) is 0 Å². The minimum Gasteiger partial charge on any atom is -0.481 e. The Morgan fingerprint density at radius 2 is 2.00 bits per heavy atom. The molecule has 0 radical (unpaired) electrons. The Morgan fingerprint density at radius 3 is 2.12 bits per heavy atom. The van der Waals surface area contributed by atoms with E-state index in [9.17, 15) is 4.79 Å². The second-order valence-corrected chi connectivity index (χ2v) is 1.41. The SMILES string of the molecule is O=C(O)CCC(O)O. The van der Waals surface area contributed by atoms with Gasteiger partial charge in [0.2, 0.25) is 0 Å². The van der Waals surface area contributed by atoms with Crippen LogP contribution in [0, 0.1) is 0 Å². The number of hydrogen-bond donors (Lipinski definition) is 3. The van der Waals surface area contributed by atoms with Crippen molar-refractivity contribution in [2.24, 2.45) is 0 Å². The van der Waals surface area contributed by atoms with Crippen LogP contribution in [0.2, 0.25) is 0 Å². The van der Waals surface area contributed by atoms with Gasteiger partial charge in [-0.15, -0.1) is 0 Å². The maximum atomic E-state index is 9.68. The average Bonchev–Trinajstić information content (AvgIpc) is 1.61. The van der Waals surface area contributed by atoms with Gasteiger partial charge in [0.25, 0.3) is 0 Å². The minimum absolute atomic E-state index is 0.102. The molecule has 0 spiro atoms. The second kappa shape index (κ2) is 3.40. The van der Waals surface area contributed by atoms with Crippen LogP contribution >= 0.6 is 0 Å². The van der Waals surface area contributed by atoms with Crippen molar-refractivity contribution < 1.29 is 20.1 Å². The summed E-state index contributed by atoms with van der Waals surface area (Å²) in [4.78, 5) is 9.68. The standard InChI is InChI=1S/C4H8O4/c5-3(6)1-2-4(7)8/h3,5-6H,1-2H2,(H,7,8). The number of aliphatic hydroxyl groups excluding tert-OH is 1. The Labute approximate surface area is 46.4 Å². The number of carboxylic acid groups (broad SMARTS) is 1. The van der Waals surface area contributed by atoms with Crippen LogP contribution in [-0.2, 0) is 4.79 Å². The summed E-state index contributed by atoms with van der Waals surface area (Å²) in [6.45, 7) is 0. The first-order valence-corrected chi connectivity index (χ1v) is 2.21. The highest BCUT2D eigenvalue weighted by Crippen LogP contribution is 1.91. The molecule has 0 aliphatic rings. The molecule has 0 aliphatic carbocycles. The zero-order chi connectivity index (χ0) is 6.57. The van der Waals surface area contributed by atoms with Crippen molar-refractivity contribution in [2.45, 2.75) is 19.1 Å². The minimum atomic E-state index is -1.49. The number of hydrogen-bond acceptors (Lipinski definition) is 3.